The highest BCUT2D eigenvalue weighted by Gasteiger charge is 2.45. The molecule has 2 aromatic carbocycles. The zero-order chi connectivity index (χ0) is 21.2. The number of esters is 1. The van der Waals surface area contributed by atoms with Gasteiger partial charge in [0.15, 0.2) is 6.10 Å². The van der Waals surface area contributed by atoms with Gasteiger partial charge in [-0.25, -0.2) is 0 Å². The largest absolute Gasteiger partial charge is 0.453 e. The van der Waals surface area contributed by atoms with Crippen LogP contribution in [-0.2, 0) is 19.1 Å². The lowest BCUT2D eigenvalue weighted by molar-refractivity contribution is -0.154. The number of nitrogens with zero attached hydrogens (tertiary/aromatic N) is 1. The van der Waals surface area contributed by atoms with Gasteiger partial charge in [-0.05, 0) is 44.4 Å². The fourth-order valence-electron chi connectivity index (χ4n) is 3.47. The highest BCUT2D eigenvalue weighted by molar-refractivity contribution is 6.15. The number of ether oxygens (including phenoxy) is 1. The maximum Gasteiger partial charge on any atom is 0.307 e. The molecule has 152 valence electrons. The van der Waals surface area contributed by atoms with E-state index < -0.39 is 23.5 Å². The van der Waals surface area contributed by atoms with Gasteiger partial charge >= 0.3 is 5.97 Å². The van der Waals surface area contributed by atoms with Crippen LogP contribution in [0.3, 0.4) is 0 Å². The summed E-state index contributed by atoms with van der Waals surface area (Å²) in [5.74, 6) is -1.20. The topological polar surface area (TPSA) is 75.7 Å². The number of hydrogen-bond donors (Lipinski definition) is 1. The molecule has 6 heteroatoms. The maximum absolute atomic E-state index is 13.2. The summed E-state index contributed by atoms with van der Waals surface area (Å²) in [7, 11) is 0. The summed E-state index contributed by atoms with van der Waals surface area (Å²) in [6.45, 7) is 6.82. The fraction of sp³-hybridized carbons (Fsp3) is 0.348. The first-order chi connectivity index (χ1) is 13.7. The highest BCUT2D eigenvalue weighted by Crippen LogP contribution is 2.37. The first-order valence-corrected chi connectivity index (χ1v) is 9.70. The van der Waals surface area contributed by atoms with Gasteiger partial charge in [0.1, 0.15) is 5.54 Å². The van der Waals surface area contributed by atoms with Crippen molar-refractivity contribution in [3.63, 3.8) is 0 Å². The SMILES string of the molecule is C[C@H](OC(=O)C[C@H](C)c1ccccc1)C(=O)N1c2ccccc2NC(=O)C1(C)C. The second-order valence-electron chi connectivity index (χ2n) is 7.85. The van der Waals surface area contributed by atoms with Gasteiger partial charge in [0, 0.05) is 0 Å². The van der Waals surface area contributed by atoms with E-state index >= 15 is 0 Å². The Morgan fingerprint density at radius 3 is 2.34 bits per heavy atom. The molecule has 3 rings (SSSR count). The summed E-state index contributed by atoms with van der Waals surface area (Å²) >= 11 is 0. The third kappa shape index (κ3) is 4.16. The van der Waals surface area contributed by atoms with Crippen molar-refractivity contribution in [2.24, 2.45) is 0 Å². The Labute approximate surface area is 170 Å². The van der Waals surface area contributed by atoms with Gasteiger partial charge in [-0.2, -0.15) is 0 Å². The smallest absolute Gasteiger partial charge is 0.307 e. The van der Waals surface area contributed by atoms with E-state index in [9.17, 15) is 14.4 Å². The molecule has 1 aliphatic heterocycles. The molecular formula is C23H26N2O4. The number of fused-ring (bicyclic) bond motifs is 1. The summed E-state index contributed by atoms with van der Waals surface area (Å²) in [5, 5.41) is 2.82. The predicted molar refractivity (Wildman–Crippen MR) is 112 cm³/mol. The monoisotopic (exact) mass is 394 g/mol. The number of nitrogens with one attached hydrogen (secondary N) is 1. The van der Waals surface area contributed by atoms with Gasteiger partial charge in [-0.1, -0.05) is 49.4 Å². The minimum Gasteiger partial charge on any atom is -0.453 e. The van der Waals surface area contributed by atoms with Crippen molar-refractivity contribution >= 4 is 29.2 Å². The zero-order valence-corrected chi connectivity index (χ0v) is 17.1. The number of amides is 2. The summed E-state index contributed by atoms with van der Waals surface area (Å²) in [6.07, 6.45) is -0.842. The van der Waals surface area contributed by atoms with Crippen molar-refractivity contribution < 1.29 is 19.1 Å². The van der Waals surface area contributed by atoms with Crippen LogP contribution in [0.15, 0.2) is 54.6 Å². The molecule has 6 nitrogen and oxygen atoms in total. The second-order valence-corrected chi connectivity index (χ2v) is 7.85. The number of hydrogen-bond acceptors (Lipinski definition) is 4. The Kier molecular flexibility index (Phi) is 5.73. The van der Waals surface area contributed by atoms with Crippen molar-refractivity contribution in [1.82, 2.24) is 0 Å². The lowest BCUT2D eigenvalue weighted by Gasteiger charge is -2.42. The van der Waals surface area contributed by atoms with Crippen LogP contribution in [-0.4, -0.2) is 29.4 Å². The Bertz CT molecular complexity index is 923. The van der Waals surface area contributed by atoms with Gasteiger partial charge in [0.2, 0.25) is 5.91 Å². The number of para-hydroxylation sites is 2. The van der Waals surface area contributed by atoms with Crippen LogP contribution < -0.4 is 10.2 Å². The first-order valence-electron chi connectivity index (χ1n) is 9.70. The van der Waals surface area contributed by atoms with E-state index in [4.69, 9.17) is 4.74 Å². The van der Waals surface area contributed by atoms with E-state index in [1.807, 2.05) is 37.3 Å². The Hall–Kier alpha value is -3.15. The number of carbonyl (C=O) groups is 3. The number of anilines is 2. The molecule has 0 saturated heterocycles. The normalized spacial score (nSPS) is 17.0. The molecule has 29 heavy (non-hydrogen) atoms. The van der Waals surface area contributed by atoms with Crippen LogP contribution >= 0.6 is 0 Å². The van der Waals surface area contributed by atoms with E-state index in [1.54, 1.807) is 45.0 Å². The number of rotatable bonds is 5. The minimum absolute atomic E-state index is 0.0241. The highest BCUT2D eigenvalue weighted by atomic mass is 16.5. The summed E-state index contributed by atoms with van der Waals surface area (Å²) in [4.78, 5) is 39.5. The first kappa shape index (κ1) is 20.6. The zero-order valence-electron chi connectivity index (χ0n) is 17.1. The molecule has 2 aromatic rings. The molecular weight excluding hydrogens is 368 g/mol. The van der Waals surface area contributed by atoms with Gasteiger partial charge in [-0.15, -0.1) is 0 Å². The molecule has 0 radical (unpaired) electrons. The van der Waals surface area contributed by atoms with Gasteiger partial charge in [0.25, 0.3) is 5.91 Å². The van der Waals surface area contributed by atoms with Gasteiger partial charge in [0.05, 0.1) is 17.8 Å². The number of carbonyl (C=O) groups excluding carboxylic acids is 3. The molecule has 0 spiro atoms. The quantitative estimate of drug-likeness (QED) is 0.781. The number of benzene rings is 2. The Morgan fingerprint density at radius 1 is 1.03 bits per heavy atom. The van der Waals surface area contributed by atoms with E-state index in [0.717, 1.165) is 5.56 Å². The van der Waals surface area contributed by atoms with E-state index in [2.05, 4.69) is 5.32 Å². The molecule has 2 amide bonds. The van der Waals surface area contributed by atoms with Gasteiger partial charge in [-0.3, -0.25) is 19.3 Å². The van der Waals surface area contributed by atoms with Crippen LogP contribution in [0.25, 0.3) is 0 Å². The average molecular weight is 394 g/mol. The van der Waals surface area contributed by atoms with E-state index in [0.29, 0.717) is 11.4 Å². The third-order valence-electron chi connectivity index (χ3n) is 5.23. The van der Waals surface area contributed by atoms with Crippen LogP contribution in [0.4, 0.5) is 11.4 Å². The Morgan fingerprint density at radius 2 is 1.66 bits per heavy atom. The van der Waals surface area contributed by atoms with Crippen molar-refractivity contribution in [1.29, 1.82) is 0 Å². The van der Waals surface area contributed by atoms with Crippen molar-refractivity contribution in [2.45, 2.75) is 51.7 Å². The third-order valence-corrected chi connectivity index (χ3v) is 5.23. The Balaban J connectivity index is 1.74. The van der Waals surface area contributed by atoms with Crippen molar-refractivity contribution in [3.05, 3.63) is 60.2 Å². The molecule has 0 saturated carbocycles. The van der Waals surface area contributed by atoms with Crippen LogP contribution in [0, 0.1) is 0 Å². The van der Waals surface area contributed by atoms with Crippen LogP contribution in [0.2, 0.25) is 0 Å². The van der Waals surface area contributed by atoms with Crippen LogP contribution in [0.5, 0.6) is 0 Å². The molecule has 0 aromatic heterocycles. The summed E-state index contributed by atoms with van der Waals surface area (Å²) in [5.41, 5.74) is 1.07. The van der Waals surface area contributed by atoms with Gasteiger partial charge < -0.3 is 10.1 Å². The van der Waals surface area contributed by atoms with Crippen molar-refractivity contribution in [3.8, 4) is 0 Å². The lowest BCUT2D eigenvalue weighted by atomic mass is 9.95. The minimum atomic E-state index is -1.11. The maximum atomic E-state index is 13.2. The standard InChI is InChI=1S/C23H26N2O4/c1-15(17-10-6-5-7-11-17)14-20(26)29-16(2)21(27)25-19-13-9-8-12-18(19)24-22(28)23(25,3)4/h5-13,15-16H,14H2,1-4H3,(H,24,28)/t15-,16-/m0/s1. The molecule has 0 aliphatic carbocycles. The molecule has 1 heterocycles. The molecule has 1 aliphatic rings. The summed E-state index contributed by atoms with van der Waals surface area (Å²) in [6, 6.07) is 16.8. The summed E-state index contributed by atoms with van der Waals surface area (Å²) < 4.78 is 5.44. The van der Waals surface area contributed by atoms with E-state index in [-0.39, 0.29) is 18.2 Å². The molecule has 1 N–H and O–H groups in total. The second kappa shape index (κ2) is 8.07. The predicted octanol–water partition coefficient (Wildman–Crippen LogP) is 3.88. The van der Waals surface area contributed by atoms with E-state index in [1.165, 1.54) is 4.90 Å². The lowest BCUT2D eigenvalue weighted by Crippen LogP contribution is -2.60. The van der Waals surface area contributed by atoms with Crippen molar-refractivity contribution in [2.75, 3.05) is 10.2 Å². The molecule has 0 unspecified atom stereocenters. The fourth-order valence-corrected chi connectivity index (χ4v) is 3.47. The molecule has 0 fully saturated rings. The molecule has 2 atom stereocenters. The molecule has 0 bridgehead atoms. The average Bonchev–Trinajstić information content (AvgIpc) is 2.69. The van der Waals surface area contributed by atoms with Crippen LogP contribution in [0.1, 0.15) is 45.6 Å².